The third kappa shape index (κ3) is 9.63. The van der Waals surface area contributed by atoms with Crippen molar-refractivity contribution in [2.24, 2.45) is 5.92 Å². The lowest BCUT2D eigenvalue weighted by Crippen LogP contribution is -2.54. The number of benzene rings is 2. The highest BCUT2D eigenvalue weighted by Gasteiger charge is 2.46. The third-order valence-corrected chi connectivity index (χ3v) is 13.6. The summed E-state index contributed by atoms with van der Waals surface area (Å²) in [6.45, 7) is 5.65. The standard InChI is InChI=1S/C45H50F3N7O7S/c1-44(2,61)29-21-33-35(22-32(29)51-39(57)31-9-5-10-36(50-31)45(46,47)48)63-41(52-33)25-13-11-24(12-14-25)23-54(3)17-6-18-62-27-19-26(20-27)49-30-8-4-7-28-38(30)43(60)55(42(28)59)34-15-16-37(56)53-40(34)58/h4-5,7-10,21-22,24-27,34,49,61H,6,11-20,23H2,1-3H3,(H,51,57)(H,53,56,58)/t24?,25?,26-,27-,34?. The van der Waals surface area contributed by atoms with Gasteiger partial charge in [0.15, 0.2) is 0 Å². The van der Waals surface area contributed by atoms with Crippen LogP contribution in [0.3, 0.4) is 0 Å². The minimum Gasteiger partial charge on any atom is -0.386 e. The largest absolute Gasteiger partial charge is 0.433 e. The number of aromatic nitrogens is 2. The topological polar surface area (TPSA) is 183 Å². The Hall–Kier alpha value is -5.30. The molecule has 8 rings (SSSR count). The molecular weight excluding hydrogens is 840 g/mol. The maximum atomic E-state index is 13.4. The summed E-state index contributed by atoms with van der Waals surface area (Å²) < 4.78 is 46.7. The predicted molar refractivity (Wildman–Crippen MR) is 228 cm³/mol. The molecule has 1 saturated heterocycles. The number of nitrogens with zero attached hydrogens (tertiary/aromatic N) is 4. The number of ether oxygens (including phenoxy) is 1. The number of alkyl halides is 3. The summed E-state index contributed by atoms with van der Waals surface area (Å²) in [4.78, 5) is 75.5. The summed E-state index contributed by atoms with van der Waals surface area (Å²) in [5.74, 6) is -2.11. The summed E-state index contributed by atoms with van der Waals surface area (Å²) >= 11 is 1.53. The molecule has 2 aromatic heterocycles. The van der Waals surface area contributed by atoms with Crippen molar-refractivity contribution in [3.05, 3.63) is 81.6 Å². The number of nitrogens with one attached hydrogen (secondary N) is 3. The van der Waals surface area contributed by atoms with Crippen molar-refractivity contribution in [1.29, 1.82) is 0 Å². The number of thiazole rings is 1. The Kier molecular flexibility index (Phi) is 12.4. The molecule has 4 heterocycles. The van der Waals surface area contributed by atoms with E-state index in [4.69, 9.17) is 9.72 Å². The lowest BCUT2D eigenvalue weighted by Gasteiger charge is -2.36. The highest BCUT2D eigenvalue weighted by atomic mass is 32.1. The van der Waals surface area contributed by atoms with Gasteiger partial charge in [0.25, 0.3) is 17.7 Å². The fourth-order valence-corrected chi connectivity index (χ4v) is 10.2. The van der Waals surface area contributed by atoms with Gasteiger partial charge in [-0.1, -0.05) is 12.1 Å². The van der Waals surface area contributed by atoms with E-state index >= 15 is 0 Å². The molecule has 1 atom stereocenters. The quantitative estimate of drug-likeness (QED) is 0.0768. The molecule has 4 aliphatic rings. The van der Waals surface area contributed by atoms with Gasteiger partial charge in [0.1, 0.15) is 17.4 Å². The van der Waals surface area contributed by atoms with E-state index in [1.165, 1.54) is 17.4 Å². The maximum Gasteiger partial charge on any atom is 0.433 e. The van der Waals surface area contributed by atoms with Crippen molar-refractivity contribution >= 4 is 62.5 Å². The Morgan fingerprint density at radius 3 is 2.44 bits per heavy atom. The van der Waals surface area contributed by atoms with Crippen LogP contribution in [0.4, 0.5) is 24.5 Å². The molecular formula is C45H50F3N7O7S. The fraction of sp³-hybridized carbons (Fsp3) is 0.489. The molecule has 2 saturated carbocycles. The number of rotatable bonds is 14. The van der Waals surface area contributed by atoms with Crippen molar-refractivity contribution in [1.82, 2.24) is 25.1 Å². The van der Waals surface area contributed by atoms with Gasteiger partial charge in [-0.3, -0.25) is 34.2 Å². The second-order valence-corrected chi connectivity index (χ2v) is 18.7. The van der Waals surface area contributed by atoms with Crippen molar-refractivity contribution in [2.75, 3.05) is 37.4 Å². The van der Waals surface area contributed by atoms with Crippen molar-refractivity contribution in [2.45, 2.75) is 108 Å². The molecule has 2 aromatic carbocycles. The molecule has 2 aliphatic carbocycles. The number of aliphatic hydroxyl groups is 1. The first kappa shape index (κ1) is 44.3. The number of piperidine rings is 1. The number of imide groups is 2. The van der Waals surface area contributed by atoms with Gasteiger partial charge in [0.05, 0.1) is 38.1 Å². The minimum atomic E-state index is -4.70. The van der Waals surface area contributed by atoms with Gasteiger partial charge < -0.3 is 25.4 Å². The fourth-order valence-electron chi connectivity index (χ4n) is 9.06. The number of amides is 5. The minimum absolute atomic E-state index is 0.0642. The van der Waals surface area contributed by atoms with Gasteiger partial charge in [-0.25, -0.2) is 9.97 Å². The van der Waals surface area contributed by atoms with Crippen LogP contribution in [-0.2, 0) is 26.1 Å². The van der Waals surface area contributed by atoms with Gasteiger partial charge in [0.2, 0.25) is 11.8 Å². The van der Waals surface area contributed by atoms with Crippen molar-refractivity contribution < 1.29 is 47.0 Å². The van der Waals surface area contributed by atoms with E-state index in [2.05, 4.69) is 32.9 Å². The first-order chi connectivity index (χ1) is 29.9. The lowest BCUT2D eigenvalue weighted by atomic mass is 9.82. The summed E-state index contributed by atoms with van der Waals surface area (Å²) in [5.41, 5.74) is -0.503. The number of carbonyl (C=O) groups is 5. The maximum absolute atomic E-state index is 13.4. The van der Waals surface area contributed by atoms with E-state index in [1.54, 1.807) is 44.2 Å². The van der Waals surface area contributed by atoms with Crippen LogP contribution in [0.1, 0.15) is 125 Å². The SMILES string of the molecule is CN(CCCO[C@H]1C[C@H](Nc2cccc3c2C(=O)N(C2CCC(=O)NC2=O)C3=O)C1)CC1CCC(c2nc3cc(C(C)(C)O)c(NC(=O)c4cccc(C(F)(F)F)n4)cc3s2)CC1. The zero-order valence-corrected chi connectivity index (χ0v) is 36.0. The molecule has 0 bridgehead atoms. The lowest BCUT2D eigenvalue weighted by molar-refractivity contribution is -0.141. The highest BCUT2D eigenvalue weighted by molar-refractivity contribution is 7.18. The van der Waals surface area contributed by atoms with Crippen molar-refractivity contribution in [3.63, 3.8) is 0 Å². The van der Waals surface area contributed by atoms with Crippen LogP contribution in [0.25, 0.3) is 10.2 Å². The molecule has 4 aromatic rings. The predicted octanol–water partition coefficient (Wildman–Crippen LogP) is 6.85. The van der Waals surface area contributed by atoms with Crippen LogP contribution in [-0.4, -0.2) is 99.3 Å². The zero-order valence-electron chi connectivity index (χ0n) is 35.2. The van der Waals surface area contributed by atoms with Crippen LogP contribution < -0.4 is 16.0 Å². The summed E-state index contributed by atoms with van der Waals surface area (Å²) in [6.07, 6.45) is 2.04. The van der Waals surface area contributed by atoms with Gasteiger partial charge >= 0.3 is 6.18 Å². The molecule has 63 heavy (non-hydrogen) atoms. The zero-order chi connectivity index (χ0) is 44.8. The summed E-state index contributed by atoms with van der Waals surface area (Å²) in [6, 6.07) is 10.7. The van der Waals surface area contributed by atoms with E-state index in [0.29, 0.717) is 29.3 Å². The normalized spacial score (nSPS) is 22.9. The Balaban J connectivity index is 0.768. The van der Waals surface area contributed by atoms with Gasteiger partial charge in [-0.05, 0) is 115 Å². The Morgan fingerprint density at radius 2 is 1.73 bits per heavy atom. The number of pyridine rings is 1. The van der Waals surface area contributed by atoms with Gasteiger partial charge in [-0.2, -0.15) is 13.2 Å². The molecule has 1 unspecified atom stereocenters. The van der Waals surface area contributed by atoms with Crippen LogP contribution >= 0.6 is 11.3 Å². The second kappa shape index (κ2) is 17.7. The number of fused-ring (bicyclic) bond motifs is 2. The van der Waals surface area contributed by atoms with E-state index in [9.17, 15) is 42.3 Å². The Bertz CT molecular complexity index is 2440. The molecule has 0 spiro atoms. The molecule has 18 heteroatoms. The molecule has 14 nitrogen and oxygen atoms in total. The Morgan fingerprint density at radius 1 is 0.984 bits per heavy atom. The number of anilines is 2. The van der Waals surface area contributed by atoms with Gasteiger partial charge in [-0.15, -0.1) is 11.3 Å². The number of hydrogen-bond donors (Lipinski definition) is 4. The van der Waals surface area contributed by atoms with E-state index < -0.39 is 53.0 Å². The molecule has 334 valence electrons. The first-order valence-electron chi connectivity index (χ1n) is 21.4. The number of hydrogen-bond acceptors (Lipinski definition) is 12. The Labute approximate surface area is 366 Å². The number of carbonyl (C=O) groups excluding carboxylic acids is 5. The summed E-state index contributed by atoms with van der Waals surface area (Å²) in [5, 5.41) is 20.3. The average molecular weight is 890 g/mol. The molecule has 3 fully saturated rings. The van der Waals surface area contributed by atoms with Crippen LogP contribution in [0.15, 0.2) is 48.5 Å². The van der Waals surface area contributed by atoms with E-state index in [-0.39, 0.29) is 53.4 Å². The second-order valence-electron chi connectivity index (χ2n) is 17.7. The van der Waals surface area contributed by atoms with Gasteiger partial charge in [0, 0.05) is 55.0 Å². The van der Waals surface area contributed by atoms with Crippen LogP contribution in [0.2, 0.25) is 0 Å². The summed E-state index contributed by atoms with van der Waals surface area (Å²) in [7, 11) is 2.13. The highest BCUT2D eigenvalue weighted by Crippen LogP contribution is 2.42. The molecule has 2 aliphatic heterocycles. The van der Waals surface area contributed by atoms with E-state index in [1.807, 2.05) is 0 Å². The smallest absolute Gasteiger partial charge is 0.386 e. The number of halogens is 3. The first-order valence-corrected chi connectivity index (χ1v) is 22.2. The average Bonchev–Trinajstić information content (AvgIpc) is 3.75. The van der Waals surface area contributed by atoms with Crippen molar-refractivity contribution in [3.8, 4) is 0 Å². The van der Waals surface area contributed by atoms with Crippen LogP contribution in [0, 0.1) is 5.92 Å². The van der Waals surface area contributed by atoms with Crippen LogP contribution in [0.5, 0.6) is 0 Å². The molecule has 4 N–H and O–H groups in total. The third-order valence-electron chi connectivity index (χ3n) is 12.4. The molecule has 5 amide bonds. The monoisotopic (exact) mass is 889 g/mol. The molecule has 0 radical (unpaired) electrons. The van der Waals surface area contributed by atoms with E-state index in [0.717, 1.165) is 84.8 Å².